The van der Waals surface area contributed by atoms with Gasteiger partial charge in [0, 0.05) is 12.7 Å². The summed E-state index contributed by atoms with van der Waals surface area (Å²) in [6, 6.07) is 2.90. The molecule has 0 aliphatic heterocycles. The number of rotatable bonds is 4. The summed E-state index contributed by atoms with van der Waals surface area (Å²) in [4.78, 5) is 3.86. The third kappa shape index (κ3) is 2.77. The van der Waals surface area contributed by atoms with E-state index in [1.54, 1.807) is 6.92 Å². The number of benzene rings is 1. The molecular formula is C11H14ClN5O2S. The number of sulfonamides is 1. The van der Waals surface area contributed by atoms with Gasteiger partial charge in [0.1, 0.15) is 17.0 Å². The second-order valence-corrected chi connectivity index (χ2v) is 6.75. The van der Waals surface area contributed by atoms with Gasteiger partial charge in [-0.05, 0) is 24.6 Å². The number of H-pyrrole nitrogens is 1. The first-order valence-corrected chi connectivity index (χ1v) is 7.50. The average Bonchev–Trinajstić information content (AvgIpc) is 2.86. The largest absolute Gasteiger partial charge is 0.398 e. The van der Waals surface area contributed by atoms with E-state index in [0.29, 0.717) is 11.5 Å². The first-order chi connectivity index (χ1) is 9.32. The van der Waals surface area contributed by atoms with Crippen molar-refractivity contribution in [1.29, 1.82) is 0 Å². The molecule has 2 rings (SSSR count). The fraction of sp³-hybridized carbons (Fsp3) is 0.273. The maximum absolute atomic E-state index is 12.5. The third-order valence-electron chi connectivity index (χ3n) is 2.85. The normalized spacial score (nSPS) is 12.0. The fourth-order valence-corrected chi connectivity index (χ4v) is 3.36. The van der Waals surface area contributed by atoms with Gasteiger partial charge < -0.3 is 5.73 Å². The first kappa shape index (κ1) is 14.8. The highest BCUT2D eigenvalue weighted by atomic mass is 35.5. The van der Waals surface area contributed by atoms with Crippen LogP contribution in [0.25, 0.3) is 0 Å². The van der Waals surface area contributed by atoms with Crippen LogP contribution in [0.1, 0.15) is 11.4 Å². The van der Waals surface area contributed by atoms with E-state index in [2.05, 4.69) is 15.2 Å². The van der Waals surface area contributed by atoms with Gasteiger partial charge in [-0.25, -0.2) is 13.4 Å². The summed E-state index contributed by atoms with van der Waals surface area (Å²) in [5, 5.41) is 6.41. The number of aromatic amines is 1. The number of nitrogen functional groups attached to an aromatic ring is 1. The van der Waals surface area contributed by atoms with Gasteiger partial charge in [0.15, 0.2) is 0 Å². The van der Waals surface area contributed by atoms with Crippen LogP contribution in [-0.2, 0) is 16.6 Å². The molecule has 108 valence electrons. The van der Waals surface area contributed by atoms with E-state index in [1.807, 2.05) is 0 Å². The maximum atomic E-state index is 12.5. The Morgan fingerprint density at radius 1 is 1.45 bits per heavy atom. The highest BCUT2D eigenvalue weighted by Crippen LogP contribution is 2.29. The van der Waals surface area contributed by atoms with Gasteiger partial charge in [0.25, 0.3) is 0 Å². The first-order valence-electron chi connectivity index (χ1n) is 5.68. The van der Waals surface area contributed by atoms with Crippen molar-refractivity contribution in [3.63, 3.8) is 0 Å². The number of aromatic nitrogens is 3. The molecule has 0 spiro atoms. The molecule has 3 N–H and O–H groups in total. The van der Waals surface area contributed by atoms with Crippen LogP contribution in [0.5, 0.6) is 0 Å². The van der Waals surface area contributed by atoms with Gasteiger partial charge in [0.2, 0.25) is 10.0 Å². The summed E-state index contributed by atoms with van der Waals surface area (Å²) in [7, 11) is -2.32. The highest BCUT2D eigenvalue weighted by molar-refractivity contribution is 7.89. The van der Waals surface area contributed by atoms with Crippen molar-refractivity contribution in [1.82, 2.24) is 19.5 Å². The summed E-state index contributed by atoms with van der Waals surface area (Å²) >= 11 is 6.01. The predicted molar refractivity (Wildman–Crippen MR) is 75.6 cm³/mol. The summed E-state index contributed by atoms with van der Waals surface area (Å²) in [6.07, 6.45) is 1.31. The van der Waals surface area contributed by atoms with Crippen molar-refractivity contribution in [2.75, 3.05) is 12.8 Å². The van der Waals surface area contributed by atoms with Crippen LogP contribution in [-0.4, -0.2) is 35.0 Å². The minimum absolute atomic E-state index is 0.0238. The summed E-state index contributed by atoms with van der Waals surface area (Å²) < 4.78 is 26.1. The van der Waals surface area contributed by atoms with Crippen molar-refractivity contribution in [3.8, 4) is 0 Å². The Bertz CT molecular complexity index is 715. The van der Waals surface area contributed by atoms with Crippen LogP contribution in [0.3, 0.4) is 0 Å². The van der Waals surface area contributed by atoms with Gasteiger partial charge in [-0.3, -0.25) is 5.10 Å². The Morgan fingerprint density at radius 2 is 2.15 bits per heavy atom. The Hall–Kier alpha value is -1.64. The zero-order valence-corrected chi connectivity index (χ0v) is 12.5. The molecule has 2 aromatic rings. The zero-order chi connectivity index (χ0) is 14.9. The molecule has 1 heterocycles. The molecule has 0 unspecified atom stereocenters. The minimum Gasteiger partial charge on any atom is -0.398 e. The molecule has 0 amide bonds. The van der Waals surface area contributed by atoms with Gasteiger partial charge in [0.05, 0.1) is 11.6 Å². The molecule has 9 heteroatoms. The lowest BCUT2D eigenvalue weighted by molar-refractivity contribution is 0.457. The number of nitrogens with two attached hydrogens (primary N) is 1. The lowest BCUT2D eigenvalue weighted by Crippen LogP contribution is -2.27. The predicted octanol–water partition coefficient (Wildman–Crippen LogP) is 1.17. The molecule has 0 saturated carbocycles. The van der Waals surface area contributed by atoms with E-state index < -0.39 is 10.0 Å². The van der Waals surface area contributed by atoms with Crippen molar-refractivity contribution < 1.29 is 8.42 Å². The van der Waals surface area contributed by atoms with Crippen molar-refractivity contribution >= 4 is 27.3 Å². The second kappa shape index (κ2) is 5.39. The van der Waals surface area contributed by atoms with Crippen LogP contribution in [0.15, 0.2) is 23.4 Å². The number of halogens is 1. The molecular weight excluding hydrogens is 302 g/mol. The van der Waals surface area contributed by atoms with Crippen molar-refractivity contribution in [2.45, 2.75) is 18.4 Å². The van der Waals surface area contributed by atoms with Crippen molar-refractivity contribution in [2.24, 2.45) is 0 Å². The van der Waals surface area contributed by atoms with E-state index >= 15 is 0 Å². The topological polar surface area (TPSA) is 105 Å². The number of nitrogens with zero attached hydrogens (tertiary/aromatic N) is 3. The second-order valence-electron chi connectivity index (χ2n) is 4.33. The number of anilines is 1. The zero-order valence-electron chi connectivity index (χ0n) is 11.0. The van der Waals surface area contributed by atoms with E-state index in [9.17, 15) is 8.42 Å². The molecule has 0 atom stereocenters. The van der Waals surface area contributed by atoms with E-state index in [1.165, 1.54) is 25.5 Å². The number of aryl methyl sites for hydroxylation is 1. The summed E-state index contributed by atoms with van der Waals surface area (Å²) in [5.41, 5.74) is 6.86. The lowest BCUT2D eigenvalue weighted by Gasteiger charge is -2.17. The molecule has 0 bridgehead atoms. The molecule has 7 nitrogen and oxygen atoms in total. The molecule has 0 radical (unpaired) electrons. The highest BCUT2D eigenvalue weighted by Gasteiger charge is 2.25. The van der Waals surface area contributed by atoms with Gasteiger partial charge in [-0.2, -0.15) is 9.40 Å². The molecule has 1 aromatic heterocycles. The van der Waals surface area contributed by atoms with Gasteiger partial charge in [-0.15, -0.1) is 0 Å². The Labute approximate surface area is 121 Å². The smallest absolute Gasteiger partial charge is 0.244 e. The monoisotopic (exact) mass is 315 g/mol. The Kier molecular flexibility index (Phi) is 3.98. The molecule has 1 aromatic carbocycles. The quantitative estimate of drug-likeness (QED) is 0.824. The summed E-state index contributed by atoms with van der Waals surface area (Å²) in [6.45, 7) is 1.82. The van der Waals surface area contributed by atoms with Crippen LogP contribution < -0.4 is 5.73 Å². The molecule has 0 saturated heterocycles. The molecule has 0 aliphatic carbocycles. The van der Waals surface area contributed by atoms with E-state index in [0.717, 1.165) is 9.87 Å². The van der Waals surface area contributed by atoms with E-state index in [4.69, 9.17) is 17.3 Å². The molecule has 0 fully saturated rings. The standard InChI is InChI=1S/C11H14ClN5O2S/c1-7-3-8(12)10(4-9(7)13)20(18,19)17(2)5-11-14-6-15-16-11/h3-4,6H,5,13H2,1-2H3,(H,14,15,16). The lowest BCUT2D eigenvalue weighted by atomic mass is 10.2. The SMILES string of the molecule is Cc1cc(Cl)c(S(=O)(=O)N(C)Cc2ncn[nH]2)cc1N. The Balaban J connectivity index is 2.37. The molecule has 0 aliphatic rings. The number of nitrogens with one attached hydrogen (secondary N) is 1. The molecule has 20 heavy (non-hydrogen) atoms. The van der Waals surface area contributed by atoms with Gasteiger partial charge >= 0.3 is 0 Å². The fourth-order valence-electron chi connectivity index (χ4n) is 1.64. The minimum atomic E-state index is -3.75. The average molecular weight is 316 g/mol. The van der Waals surface area contributed by atoms with E-state index in [-0.39, 0.29) is 16.5 Å². The Morgan fingerprint density at radius 3 is 2.75 bits per heavy atom. The number of hydrogen-bond donors (Lipinski definition) is 2. The van der Waals surface area contributed by atoms with Crippen LogP contribution in [0.4, 0.5) is 5.69 Å². The number of hydrogen-bond acceptors (Lipinski definition) is 5. The van der Waals surface area contributed by atoms with Crippen molar-refractivity contribution in [3.05, 3.63) is 34.9 Å². The van der Waals surface area contributed by atoms with Crippen LogP contribution >= 0.6 is 11.6 Å². The maximum Gasteiger partial charge on any atom is 0.244 e. The van der Waals surface area contributed by atoms with Crippen LogP contribution in [0.2, 0.25) is 5.02 Å². The van der Waals surface area contributed by atoms with Crippen LogP contribution in [0, 0.1) is 6.92 Å². The summed E-state index contributed by atoms with van der Waals surface area (Å²) in [5.74, 6) is 0.437. The third-order valence-corrected chi connectivity index (χ3v) is 5.11. The van der Waals surface area contributed by atoms with Gasteiger partial charge in [-0.1, -0.05) is 11.6 Å².